The Morgan fingerprint density at radius 1 is 1.21 bits per heavy atom. The molecule has 0 fully saturated rings. The molecular formula is C15H15FN2O. The lowest BCUT2D eigenvalue weighted by molar-refractivity contribution is 0.0989. The van der Waals surface area contributed by atoms with Crippen molar-refractivity contribution in [2.75, 3.05) is 17.7 Å². The molecule has 19 heavy (non-hydrogen) atoms. The minimum atomic E-state index is -0.571. The van der Waals surface area contributed by atoms with E-state index in [4.69, 9.17) is 5.73 Å². The number of nitrogens with two attached hydrogens (primary N) is 1. The van der Waals surface area contributed by atoms with E-state index in [9.17, 15) is 9.18 Å². The summed E-state index contributed by atoms with van der Waals surface area (Å²) in [6, 6.07) is 11.4. The van der Waals surface area contributed by atoms with Gasteiger partial charge in [-0.1, -0.05) is 12.1 Å². The Labute approximate surface area is 111 Å². The van der Waals surface area contributed by atoms with Crippen molar-refractivity contribution in [2.24, 2.45) is 0 Å². The number of aryl methyl sites for hydroxylation is 1. The summed E-state index contributed by atoms with van der Waals surface area (Å²) in [7, 11) is 1.61. The van der Waals surface area contributed by atoms with Crippen molar-refractivity contribution in [1.29, 1.82) is 0 Å². The molecule has 0 aliphatic carbocycles. The van der Waals surface area contributed by atoms with Gasteiger partial charge in [0.2, 0.25) is 0 Å². The average Bonchev–Trinajstić information content (AvgIpc) is 2.40. The molecular weight excluding hydrogens is 243 g/mol. The SMILES string of the molecule is Cc1cccc(N(C)C(=O)c2cc(N)ccc2F)c1. The number of carbonyl (C=O) groups excluding carboxylic acids is 1. The van der Waals surface area contributed by atoms with Crippen LogP contribution in [0.25, 0.3) is 0 Å². The van der Waals surface area contributed by atoms with Gasteiger partial charge in [-0.25, -0.2) is 4.39 Å². The van der Waals surface area contributed by atoms with Gasteiger partial charge in [-0.05, 0) is 42.8 Å². The Bertz CT molecular complexity index is 625. The van der Waals surface area contributed by atoms with Crippen LogP contribution in [0.5, 0.6) is 0 Å². The van der Waals surface area contributed by atoms with Gasteiger partial charge < -0.3 is 10.6 Å². The summed E-state index contributed by atoms with van der Waals surface area (Å²) in [6.07, 6.45) is 0. The summed E-state index contributed by atoms with van der Waals surface area (Å²) in [6.45, 7) is 1.93. The topological polar surface area (TPSA) is 46.3 Å². The van der Waals surface area contributed by atoms with Crippen molar-refractivity contribution in [3.63, 3.8) is 0 Å². The summed E-state index contributed by atoms with van der Waals surface area (Å²) >= 11 is 0. The van der Waals surface area contributed by atoms with Crippen molar-refractivity contribution in [3.8, 4) is 0 Å². The Balaban J connectivity index is 2.36. The first-order valence-electron chi connectivity index (χ1n) is 5.89. The lowest BCUT2D eigenvalue weighted by Gasteiger charge is -2.18. The van der Waals surface area contributed by atoms with Crippen molar-refractivity contribution in [3.05, 3.63) is 59.4 Å². The van der Waals surface area contributed by atoms with E-state index in [0.29, 0.717) is 11.4 Å². The lowest BCUT2D eigenvalue weighted by atomic mass is 10.1. The maximum atomic E-state index is 13.7. The number of nitrogen functional groups attached to an aromatic ring is 1. The maximum Gasteiger partial charge on any atom is 0.261 e. The molecule has 4 heteroatoms. The van der Waals surface area contributed by atoms with Crippen LogP contribution in [0.1, 0.15) is 15.9 Å². The number of nitrogens with zero attached hydrogens (tertiary/aromatic N) is 1. The van der Waals surface area contributed by atoms with Crippen LogP contribution in [-0.2, 0) is 0 Å². The van der Waals surface area contributed by atoms with Crippen LogP contribution in [0.3, 0.4) is 0 Å². The molecule has 0 spiro atoms. The smallest absolute Gasteiger partial charge is 0.261 e. The Hall–Kier alpha value is -2.36. The van der Waals surface area contributed by atoms with Crippen LogP contribution >= 0.6 is 0 Å². The molecule has 0 atom stereocenters. The predicted molar refractivity (Wildman–Crippen MR) is 74.7 cm³/mol. The fraction of sp³-hybridized carbons (Fsp3) is 0.133. The van der Waals surface area contributed by atoms with Crippen molar-refractivity contribution >= 4 is 17.3 Å². The fourth-order valence-electron chi connectivity index (χ4n) is 1.84. The number of hydrogen-bond donors (Lipinski definition) is 1. The van der Waals surface area contributed by atoms with E-state index >= 15 is 0 Å². The molecule has 0 heterocycles. The number of benzene rings is 2. The number of carbonyl (C=O) groups is 1. The molecule has 2 rings (SSSR count). The second kappa shape index (κ2) is 5.10. The molecule has 2 aromatic rings. The van der Waals surface area contributed by atoms with Gasteiger partial charge in [0.25, 0.3) is 5.91 Å². The summed E-state index contributed by atoms with van der Waals surface area (Å²) in [5.41, 5.74) is 7.68. The highest BCUT2D eigenvalue weighted by molar-refractivity contribution is 6.06. The van der Waals surface area contributed by atoms with Crippen LogP contribution in [-0.4, -0.2) is 13.0 Å². The number of anilines is 2. The molecule has 98 valence electrons. The Morgan fingerprint density at radius 2 is 1.95 bits per heavy atom. The van der Waals surface area contributed by atoms with Crippen molar-refractivity contribution in [1.82, 2.24) is 0 Å². The van der Waals surface area contributed by atoms with Gasteiger partial charge in [-0.3, -0.25) is 4.79 Å². The molecule has 0 unspecified atom stereocenters. The van der Waals surface area contributed by atoms with Crippen LogP contribution < -0.4 is 10.6 Å². The molecule has 0 saturated carbocycles. The average molecular weight is 258 g/mol. The van der Waals surface area contributed by atoms with Crippen LogP contribution in [0.15, 0.2) is 42.5 Å². The standard InChI is InChI=1S/C15H15FN2O/c1-10-4-3-5-12(8-10)18(2)15(19)13-9-11(17)6-7-14(13)16/h3-9H,17H2,1-2H3. The third kappa shape index (κ3) is 2.73. The lowest BCUT2D eigenvalue weighted by Crippen LogP contribution is -2.27. The van der Waals surface area contributed by atoms with Crippen molar-refractivity contribution < 1.29 is 9.18 Å². The zero-order valence-electron chi connectivity index (χ0n) is 10.9. The van der Waals surface area contributed by atoms with Crippen molar-refractivity contribution in [2.45, 2.75) is 6.92 Å². The second-order valence-corrected chi connectivity index (χ2v) is 4.44. The minimum absolute atomic E-state index is 0.0241. The molecule has 0 radical (unpaired) electrons. The Morgan fingerprint density at radius 3 is 2.63 bits per heavy atom. The largest absolute Gasteiger partial charge is 0.399 e. The second-order valence-electron chi connectivity index (χ2n) is 4.44. The van der Waals surface area contributed by atoms with E-state index in [0.717, 1.165) is 5.56 Å². The van der Waals surface area contributed by atoms with E-state index in [1.54, 1.807) is 13.1 Å². The van der Waals surface area contributed by atoms with Crippen LogP contribution in [0, 0.1) is 12.7 Å². The first-order valence-corrected chi connectivity index (χ1v) is 5.89. The molecule has 0 aromatic heterocycles. The number of hydrogen-bond acceptors (Lipinski definition) is 2. The van der Waals surface area contributed by atoms with Gasteiger partial charge >= 0.3 is 0 Å². The van der Waals surface area contributed by atoms with Crippen LogP contribution in [0.2, 0.25) is 0 Å². The maximum absolute atomic E-state index is 13.7. The van der Waals surface area contributed by atoms with Gasteiger partial charge in [0.05, 0.1) is 5.56 Å². The third-order valence-electron chi connectivity index (χ3n) is 2.91. The zero-order chi connectivity index (χ0) is 14.0. The normalized spacial score (nSPS) is 10.3. The van der Waals surface area contributed by atoms with E-state index in [2.05, 4.69) is 0 Å². The van der Waals surface area contributed by atoms with E-state index in [1.807, 2.05) is 25.1 Å². The molecule has 2 N–H and O–H groups in total. The fourth-order valence-corrected chi connectivity index (χ4v) is 1.84. The van der Waals surface area contributed by atoms with Gasteiger partial charge in [0, 0.05) is 18.4 Å². The molecule has 2 aromatic carbocycles. The minimum Gasteiger partial charge on any atom is -0.399 e. The first-order chi connectivity index (χ1) is 8.99. The number of rotatable bonds is 2. The molecule has 0 aliphatic rings. The summed E-state index contributed by atoms with van der Waals surface area (Å²) in [4.78, 5) is 13.7. The molecule has 3 nitrogen and oxygen atoms in total. The van der Waals surface area contributed by atoms with E-state index in [1.165, 1.54) is 23.1 Å². The number of halogens is 1. The molecule has 1 amide bonds. The monoisotopic (exact) mass is 258 g/mol. The first kappa shape index (κ1) is 13.1. The van der Waals surface area contributed by atoms with E-state index < -0.39 is 11.7 Å². The van der Waals surface area contributed by atoms with Gasteiger partial charge in [-0.2, -0.15) is 0 Å². The molecule has 0 saturated heterocycles. The highest BCUT2D eigenvalue weighted by Gasteiger charge is 2.17. The summed E-state index contributed by atoms with van der Waals surface area (Å²) < 4.78 is 13.7. The molecule has 0 aliphatic heterocycles. The highest BCUT2D eigenvalue weighted by atomic mass is 19.1. The van der Waals surface area contributed by atoms with Gasteiger partial charge in [0.15, 0.2) is 0 Å². The summed E-state index contributed by atoms with van der Waals surface area (Å²) in [5.74, 6) is -0.992. The van der Waals surface area contributed by atoms with E-state index in [-0.39, 0.29) is 5.56 Å². The Kier molecular flexibility index (Phi) is 3.51. The predicted octanol–water partition coefficient (Wildman–Crippen LogP) is 2.99. The quantitative estimate of drug-likeness (QED) is 0.842. The zero-order valence-corrected chi connectivity index (χ0v) is 10.9. The third-order valence-corrected chi connectivity index (χ3v) is 2.91. The van der Waals surface area contributed by atoms with Gasteiger partial charge in [0.1, 0.15) is 5.82 Å². The highest BCUT2D eigenvalue weighted by Crippen LogP contribution is 2.19. The van der Waals surface area contributed by atoms with Crippen LogP contribution in [0.4, 0.5) is 15.8 Å². The number of amides is 1. The van der Waals surface area contributed by atoms with Gasteiger partial charge in [-0.15, -0.1) is 0 Å². The molecule has 0 bridgehead atoms. The summed E-state index contributed by atoms with van der Waals surface area (Å²) in [5, 5.41) is 0.